The van der Waals surface area contributed by atoms with E-state index >= 15 is 0 Å². The van der Waals surface area contributed by atoms with Crippen LogP contribution >= 0.6 is 0 Å². The average molecular weight is 199 g/mol. The zero-order valence-corrected chi connectivity index (χ0v) is 9.38. The Morgan fingerprint density at radius 3 is 2.86 bits per heavy atom. The molecule has 0 radical (unpaired) electrons. The Labute approximate surface area is 86.3 Å². The smallest absolute Gasteiger partial charge is 0.112 e. The molecule has 0 spiro atoms. The van der Waals surface area contributed by atoms with Crippen molar-refractivity contribution in [2.75, 3.05) is 13.7 Å². The fraction of sp³-hybridized carbons (Fsp3) is 0.818. The Morgan fingerprint density at radius 1 is 1.71 bits per heavy atom. The summed E-state index contributed by atoms with van der Waals surface area (Å²) in [4.78, 5) is 0. The van der Waals surface area contributed by atoms with E-state index in [1.54, 1.807) is 7.11 Å². The third kappa shape index (κ3) is 2.28. The van der Waals surface area contributed by atoms with E-state index in [1.165, 1.54) is 0 Å². The van der Waals surface area contributed by atoms with E-state index in [2.05, 4.69) is 13.0 Å². The van der Waals surface area contributed by atoms with E-state index < -0.39 is 0 Å². The Hall–Kier alpha value is -0.540. The highest BCUT2D eigenvalue weighted by Crippen LogP contribution is 2.25. The molecule has 0 aromatic rings. The SMILES string of the molecule is CCC(C)(OC)C(N)C1=CCCCO1. The molecule has 3 nitrogen and oxygen atoms in total. The van der Waals surface area contributed by atoms with E-state index in [1.807, 2.05) is 6.92 Å². The molecular weight excluding hydrogens is 178 g/mol. The highest BCUT2D eigenvalue weighted by Gasteiger charge is 2.33. The normalized spacial score (nSPS) is 23.3. The largest absolute Gasteiger partial charge is 0.496 e. The molecule has 2 atom stereocenters. The van der Waals surface area contributed by atoms with Crippen LogP contribution in [0.25, 0.3) is 0 Å². The maximum Gasteiger partial charge on any atom is 0.112 e. The molecule has 0 bridgehead atoms. The van der Waals surface area contributed by atoms with Gasteiger partial charge in [-0.2, -0.15) is 0 Å². The summed E-state index contributed by atoms with van der Waals surface area (Å²) in [7, 11) is 1.70. The molecular formula is C11H21NO2. The Bertz CT molecular complexity index is 209. The minimum absolute atomic E-state index is 0.155. The van der Waals surface area contributed by atoms with Gasteiger partial charge >= 0.3 is 0 Å². The highest BCUT2D eigenvalue weighted by atomic mass is 16.5. The van der Waals surface area contributed by atoms with Crippen molar-refractivity contribution in [3.05, 3.63) is 11.8 Å². The minimum Gasteiger partial charge on any atom is -0.496 e. The monoisotopic (exact) mass is 199 g/mol. The van der Waals surface area contributed by atoms with Gasteiger partial charge < -0.3 is 15.2 Å². The molecule has 0 saturated carbocycles. The lowest BCUT2D eigenvalue weighted by molar-refractivity contribution is -0.0251. The van der Waals surface area contributed by atoms with E-state index in [-0.39, 0.29) is 11.6 Å². The summed E-state index contributed by atoms with van der Waals surface area (Å²) in [5, 5.41) is 0. The van der Waals surface area contributed by atoms with Crippen molar-refractivity contribution in [1.29, 1.82) is 0 Å². The number of allylic oxidation sites excluding steroid dienone is 1. The Balaban J connectivity index is 2.71. The lowest BCUT2D eigenvalue weighted by Gasteiger charge is -2.35. The van der Waals surface area contributed by atoms with Gasteiger partial charge in [0.2, 0.25) is 0 Å². The summed E-state index contributed by atoms with van der Waals surface area (Å²) in [5.74, 6) is 0.891. The second-order valence-corrected chi connectivity index (χ2v) is 3.95. The molecule has 0 fully saturated rings. The summed E-state index contributed by atoms with van der Waals surface area (Å²) < 4.78 is 11.0. The van der Waals surface area contributed by atoms with Crippen LogP contribution < -0.4 is 5.73 Å². The van der Waals surface area contributed by atoms with Gasteiger partial charge in [0, 0.05) is 7.11 Å². The van der Waals surface area contributed by atoms with Gasteiger partial charge in [-0.3, -0.25) is 0 Å². The third-order valence-electron chi connectivity index (χ3n) is 3.10. The van der Waals surface area contributed by atoms with Crippen LogP contribution in [0.2, 0.25) is 0 Å². The summed E-state index contributed by atoms with van der Waals surface area (Å²) in [5.41, 5.74) is 5.81. The van der Waals surface area contributed by atoms with Crippen molar-refractivity contribution in [1.82, 2.24) is 0 Å². The fourth-order valence-electron chi connectivity index (χ4n) is 1.59. The zero-order chi connectivity index (χ0) is 10.6. The second kappa shape index (κ2) is 4.80. The molecule has 0 aromatic heterocycles. The first-order chi connectivity index (χ1) is 6.64. The van der Waals surface area contributed by atoms with Gasteiger partial charge in [-0.1, -0.05) is 6.92 Å². The van der Waals surface area contributed by atoms with Gasteiger partial charge in [-0.15, -0.1) is 0 Å². The number of methoxy groups -OCH3 is 1. The van der Waals surface area contributed by atoms with E-state index in [4.69, 9.17) is 15.2 Å². The van der Waals surface area contributed by atoms with Gasteiger partial charge in [-0.05, 0) is 32.3 Å². The first kappa shape index (κ1) is 11.5. The van der Waals surface area contributed by atoms with Crippen molar-refractivity contribution in [2.24, 2.45) is 5.73 Å². The molecule has 1 heterocycles. The quantitative estimate of drug-likeness (QED) is 0.751. The predicted molar refractivity (Wildman–Crippen MR) is 56.9 cm³/mol. The van der Waals surface area contributed by atoms with Gasteiger partial charge in [0.05, 0.1) is 18.2 Å². The molecule has 0 saturated heterocycles. The van der Waals surface area contributed by atoms with Crippen LogP contribution in [0.15, 0.2) is 11.8 Å². The molecule has 1 rings (SSSR count). The summed E-state index contributed by atoms with van der Waals surface area (Å²) in [6.45, 7) is 4.88. The molecule has 14 heavy (non-hydrogen) atoms. The van der Waals surface area contributed by atoms with Crippen molar-refractivity contribution >= 4 is 0 Å². The fourth-order valence-corrected chi connectivity index (χ4v) is 1.59. The molecule has 2 N–H and O–H groups in total. The predicted octanol–water partition coefficient (Wildman–Crippen LogP) is 1.82. The number of hydrogen-bond donors (Lipinski definition) is 1. The summed E-state index contributed by atoms with van der Waals surface area (Å²) in [6.07, 6.45) is 5.12. The molecule has 2 unspecified atom stereocenters. The highest BCUT2D eigenvalue weighted by molar-refractivity contribution is 5.11. The Morgan fingerprint density at radius 2 is 2.43 bits per heavy atom. The van der Waals surface area contributed by atoms with Crippen molar-refractivity contribution in [3.63, 3.8) is 0 Å². The molecule has 82 valence electrons. The molecule has 0 aromatic carbocycles. The van der Waals surface area contributed by atoms with Crippen LogP contribution in [-0.4, -0.2) is 25.4 Å². The van der Waals surface area contributed by atoms with E-state index in [0.29, 0.717) is 0 Å². The molecule has 0 aliphatic carbocycles. The summed E-state index contributed by atoms with van der Waals surface area (Å²) >= 11 is 0. The van der Waals surface area contributed by atoms with Crippen LogP contribution in [-0.2, 0) is 9.47 Å². The van der Waals surface area contributed by atoms with Gasteiger partial charge in [0.25, 0.3) is 0 Å². The van der Waals surface area contributed by atoms with Gasteiger partial charge in [-0.25, -0.2) is 0 Å². The standard InChI is InChI=1S/C11H21NO2/c1-4-11(2,13-3)10(12)9-7-5-6-8-14-9/h7,10H,4-6,8,12H2,1-3H3. The average Bonchev–Trinajstić information content (AvgIpc) is 2.28. The molecule has 1 aliphatic heterocycles. The molecule has 0 amide bonds. The third-order valence-corrected chi connectivity index (χ3v) is 3.10. The second-order valence-electron chi connectivity index (χ2n) is 3.95. The van der Waals surface area contributed by atoms with E-state index in [9.17, 15) is 0 Å². The van der Waals surface area contributed by atoms with Crippen LogP contribution in [0.4, 0.5) is 0 Å². The number of ether oxygens (including phenoxy) is 2. The van der Waals surface area contributed by atoms with Gasteiger partial charge in [0.15, 0.2) is 0 Å². The van der Waals surface area contributed by atoms with Gasteiger partial charge in [0.1, 0.15) is 5.76 Å². The molecule has 3 heteroatoms. The molecule has 1 aliphatic rings. The summed E-state index contributed by atoms with van der Waals surface area (Å²) in [6, 6.07) is -0.155. The maximum atomic E-state index is 6.13. The lowest BCUT2D eigenvalue weighted by atomic mass is 9.91. The van der Waals surface area contributed by atoms with Crippen LogP contribution in [0.1, 0.15) is 33.1 Å². The van der Waals surface area contributed by atoms with Crippen LogP contribution in [0.5, 0.6) is 0 Å². The number of nitrogens with two attached hydrogens (primary N) is 1. The first-order valence-corrected chi connectivity index (χ1v) is 5.27. The van der Waals surface area contributed by atoms with Crippen LogP contribution in [0.3, 0.4) is 0 Å². The van der Waals surface area contributed by atoms with Crippen molar-refractivity contribution in [2.45, 2.75) is 44.8 Å². The van der Waals surface area contributed by atoms with Crippen molar-refractivity contribution < 1.29 is 9.47 Å². The zero-order valence-electron chi connectivity index (χ0n) is 9.38. The lowest BCUT2D eigenvalue weighted by Crippen LogP contribution is -2.48. The van der Waals surface area contributed by atoms with Crippen molar-refractivity contribution in [3.8, 4) is 0 Å². The van der Waals surface area contributed by atoms with E-state index in [0.717, 1.165) is 31.6 Å². The minimum atomic E-state index is -0.316. The number of rotatable bonds is 4. The maximum absolute atomic E-state index is 6.13. The number of hydrogen-bond acceptors (Lipinski definition) is 3. The first-order valence-electron chi connectivity index (χ1n) is 5.27. The Kier molecular flexibility index (Phi) is 3.96. The topological polar surface area (TPSA) is 44.5 Å². The van der Waals surface area contributed by atoms with Crippen LogP contribution in [0, 0.1) is 0 Å².